The second-order valence-corrected chi connectivity index (χ2v) is 3.48. The van der Waals surface area contributed by atoms with Gasteiger partial charge >= 0.3 is 0 Å². The summed E-state index contributed by atoms with van der Waals surface area (Å²) < 4.78 is 5.55. The fraction of sp³-hybridized carbons (Fsp3) is 0.800. The molecule has 2 heteroatoms. The maximum Gasteiger partial charge on any atom is 0.100 e. The molecule has 0 aromatic heterocycles. The molecule has 1 aliphatic rings. The summed E-state index contributed by atoms with van der Waals surface area (Å²) in [4.78, 5) is 2.45. The number of nitrogens with zero attached hydrogens (tertiary/aromatic N) is 1. The summed E-state index contributed by atoms with van der Waals surface area (Å²) in [7, 11) is 0. The first-order valence-corrected chi connectivity index (χ1v) is 4.76. The minimum atomic E-state index is 0.643. The Kier molecular flexibility index (Phi) is 3.60. The van der Waals surface area contributed by atoms with Crippen LogP contribution in [0.15, 0.2) is 11.8 Å². The average Bonchev–Trinajstić information content (AvgIpc) is 2.28. The Balaban J connectivity index is 2.44. The molecule has 12 heavy (non-hydrogen) atoms. The van der Waals surface area contributed by atoms with Gasteiger partial charge in [-0.15, -0.1) is 0 Å². The Morgan fingerprint density at radius 3 is 2.75 bits per heavy atom. The van der Waals surface area contributed by atoms with Gasteiger partial charge < -0.3 is 4.74 Å². The molecule has 0 unspecified atom stereocenters. The van der Waals surface area contributed by atoms with E-state index in [1.54, 1.807) is 0 Å². The van der Waals surface area contributed by atoms with Crippen molar-refractivity contribution in [3.63, 3.8) is 0 Å². The zero-order valence-corrected chi connectivity index (χ0v) is 8.34. The van der Waals surface area contributed by atoms with E-state index >= 15 is 0 Å². The van der Waals surface area contributed by atoms with Crippen LogP contribution in [0.3, 0.4) is 0 Å². The molecule has 1 rings (SSSR count). The number of hydrogen-bond acceptors (Lipinski definition) is 2. The minimum Gasteiger partial charge on any atom is -0.497 e. The van der Waals surface area contributed by atoms with Gasteiger partial charge in [0.05, 0.1) is 5.76 Å². The van der Waals surface area contributed by atoms with Crippen LogP contribution in [-0.4, -0.2) is 30.6 Å². The van der Waals surface area contributed by atoms with Crippen molar-refractivity contribution in [3.8, 4) is 0 Å². The Labute approximate surface area is 75.2 Å². The van der Waals surface area contributed by atoms with Gasteiger partial charge in [-0.3, -0.25) is 4.90 Å². The highest BCUT2D eigenvalue weighted by molar-refractivity contribution is 4.93. The topological polar surface area (TPSA) is 12.5 Å². The third-order valence-corrected chi connectivity index (χ3v) is 2.36. The third-order valence-electron chi connectivity index (χ3n) is 2.36. The van der Waals surface area contributed by atoms with Crippen molar-refractivity contribution in [2.45, 2.75) is 33.2 Å². The van der Waals surface area contributed by atoms with Crippen molar-refractivity contribution >= 4 is 0 Å². The summed E-state index contributed by atoms with van der Waals surface area (Å²) in [5.74, 6) is 1.15. The van der Waals surface area contributed by atoms with E-state index in [2.05, 4.69) is 24.8 Å². The van der Waals surface area contributed by atoms with Crippen LogP contribution in [0.5, 0.6) is 0 Å². The van der Waals surface area contributed by atoms with E-state index in [0.29, 0.717) is 6.04 Å². The van der Waals surface area contributed by atoms with Gasteiger partial charge in [-0.05, 0) is 26.8 Å². The second-order valence-electron chi connectivity index (χ2n) is 3.48. The Bertz CT molecular complexity index is 163. The molecule has 2 nitrogen and oxygen atoms in total. The van der Waals surface area contributed by atoms with E-state index < -0.39 is 0 Å². The molecule has 0 amide bonds. The molecule has 0 aromatic carbocycles. The summed E-state index contributed by atoms with van der Waals surface area (Å²) in [6.45, 7) is 9.56. The van der Waals surface area contributed by atoms with Gasteiger partial charge in [0.15, 0.2) is 0 Å². The standard InChI is InChI=1S/C10H19NO/c1-4-10-5-6-11(9(2)3)7-8-12-10/h4,9H,5-8H2,1-3H3/b10-4-. The van der Waals surface area contributed by atoms with Crippen molar-refractivity contribution in [2.75, 3.05) is 19.7 Å². The molecular formula is C10H19NO. The number of hydrogen-bond donors (Lipinski definition) is 0. The number of rotatable bonds is 1. The molecule has 1 saturated heterocycles. The third kappa shape index (κ3) is 2.52. The molecule has 70 valence electrons. The van der Waals surface area contributed by atoms with Gasteiger partial charge in [-0.25, -0.2) is 0 Å². The lowest BCUT2D eigenvalue weighted by atomic mass is 10.2. The summed E-state index contributed by atoms with van der Waals surface area (Å²) in [6.07, 6.45) is 3.14. The average molecular weight is 169 g/mol. The molecule has 1 heterocycles. The molecule has 0 aromatic rings. The van der Waals surface area contributed by atoms with E-state index in [-0.39, 0.29) is 0 Å². The highest BCUT2D eigenvalue weighted by atomic mass is 16.5. The maximum atomic E-state index is 5.55. The molecule has 0 saturated carbocycles. The lowest BCUT2D eigenvalue weighted by Gasteiger charge is -2.22. The van der Waals surface area contributed by atoms with Crippen LogP contribution in [-0.2, 0) is 4.74 Å². The normalized spacial score (nSPS) is 24.2. The highest BCUT2D eigenvalue weighted by Gasteiger charge is 2.13. The van der Waals surface area contributed by atoms with Crippen LogP contribution in [0.1, 0.15) is 27.2 Å². The van der Waals surface area contributed by atoms with Gasteiger partial charge in [0.2, 0.25) is 0 Å². The van der Waals surface area contributed by atoms with E-state index in [1.165, 1.54) is 0 Å². The van der Waals surface area contributed by atoms with Gasteiger partial charge in [-0.2, -0.15) is 0 Å². The predicted octanol–water partition coefficient (Wildman–Crippen LogP) is 2.02. The first-order valence-electron chi connectivity index (χ1n) is 4.76. The van der Waals surface area contributed by atoms with Gasteiger partial charge in [0.25, 0.3) is 0 Å². The molecule has 0 spiro atoms. The van der Waals surface area contributed by atoms with Crippen LogP contribution in [0.25, 0.3) is 0 Å². The van der Waals surface area contributed by atoms with Crippen molar-refractivity contribution in [1.29, 1.82) is 0 Å². The molecule has 0 atom stereocenters. The summed E-state index contributed by atoms with van der Waals surface area (Å²) in [5, 5.41) is 0. The quantitative estimate of drug-likeness (QED) is 0.595. The van der Waals surface area contributed by atoms with E-state index in [9.17, 15) is 0 Å². The van der Waals surface area contributed by atoms with Crippen molar-refractivity contribution in [1.82, 2.24) is 4.90 Å². The molecule has 0 aliphatic carbocycles. The largest absolute Gasteiger partial charge is 0.497 e. The molecule has 1 aliphatic heterocycles. The fourth-order valence-corrected chi connectivity index (χ4v) is 1.48. The van der Waals surface area contributed by atoms with Crippen LogP contribution in [0.2, 0.25) is 0 Å². The van der Waals surface area contributed by atoms with Crippen molar-refractivity contribution in [2.24, 2.45) is 0 Å². The van der Waals surface area contributed by atoms with E-state index in [1.807, 2.05) is 6.92 Å². The van der Waals surface area contributed by atoms with Crippen LogP contribution in [0.4, 0.5) is 0 Å². The Morgan fingerprint density at radius 1 is 1.42 bits per heavy atom. The molecule has 1 fully saturated rings. The number of allylic oxidation sites excluding steroid dienone is 1. The summed E-state index contributed by atoms with van der Waals surface area (Å²) >= 11 is 0. The Morgan fingerprint density at radius 2 is 2.17 bits per heavy atom. The maximum absolute atomic E-state index is 5.55. The smallest absolute Gasteiger partial charge is 0.100 e. The first-order chi connectivity index (χ1) is 5.74. The van der Waals surface area contributed by atoms with Gasteiger partial charge in [0, 0.05) is 25.6 Å². The lowest BCUT2D eigenvalue weighted by molar-refractivity contribution is 0.176. The predicted molar refractivity (Wildman–Crippen MR) is 51.0 cm³/mol. The zero-order valence-electron chi connectivity index (χ0n) is 8.34. The first kappa shape index (κ1) is 9.59. The van der Waals surface area contributed by atoms with E-state index in [4.69, 9.17) is 4.74 Å². The number of ether oxygens (including phenoxy) is 1. The lowest BCUT2D eigenvalue weighted by Crippen LogP contribution is -2.32. The van der Waals surface area contributed by atoms with Gasteiger partial charge in [-0.1, -0.05) is 0 Å². The van der Waals surface area contributed by atoms with Crippen molar-refractivity contribution in [3.05, 3.63) is 11.8 Å². The van der Waals surface area contributed by atoms with Crippen LogP contribution < -0.4 is 0 Å². The summed E-state index contributed by atoms with van der Waals surface area (Å²) in [6, 6.07) is 0.643. The van der Waals surface area contributed by atoms with Gasteiger partial charge in [0.1, 0.15) is 6.61 Å². The SMILES string of the molecule is C/C=C1/CCN(C(C)C)CCO1. The van der Waals surface area contributed by atoms with Crippen molar-refractivity contribution < 1.29 is 4.74 Å². The van der Waals surface area contributed by atoms with Crippen LogP contribution >= 0.6 is 0 Å². The van der Waals surface area contributed by atoms with E-state index in [0.717, 1.165) is 31.9 Å². The summed E-state index contributed by atoms with van der Waals surface area (Å²) in [5.41, 5.74) is 0. The molecule has 0 radical (unpaired) electrons. The monoisotopic (exact) mass is 169 g/mol. The fourth-order valence-electron chi connectivity index (χ4n) is 1.48. The zero-order chi connectivity index (χ0) is 8.97. The molecule has 0 bridgehead atoms. The minimum absolute atomic E-state index is 0.643. The second kappa shape index (κ2) is 4.51. The Hall–Kier alpha value is -0.500. The molecular weight excluding hydrogens is 150 g/mol. The highest BCUT2D eigenvalue weighted by Crippen LogP contribution is 2.11. The molecule has 0 N–H and O–H groups in total. The van der Waals surface area contributed by atoms with Crippen LogP contribution in [0, 0.1) is 0 Å².